The van der Waals surface area contributed by atoms with Gasteiger partial charge in [0.2, 0.25) is 0 Å². The van der Waals surface area contributed by atoms with Gasteiger partial charge >= 0.3 is 0 Å². The smallest absolute Gasteiger partial charge is 0.170 e. The molecule has 8 heavy (non-hydrogen) atoms. The molecule has 0 unspecified atom stereocenters. The van der Waals surface area contributed by atoms with E-state index < -0.39 is 0 Å². The van der Waals surface area contributed by atoms with Crippen LogP contribution in [0.2, 0.25) is 0 Å². The summed E-state index contributed by atoms with van der Waals surface area (Å²) < 4.78 is 0.662. The van der Waals surface area contributed by atoms with E-state index in [0.29, 0.717) is 10.1 Å². The van der Waals surface area contributed by atoms with E-state index >= 15 is 0 Å². The van der Waals surface area contributed by atoms with Crippen molar-refractivity contribution in [2.24, 2.45) is 0 Å². The van der Waals surface area contributed by atoms with Crippen molar-refractivity contribution in [3.05, 3.63) is 9.94 Å². The molecule has 0 radical (unpaired) electrons. The Morgan fingerprint density at radius 1 is 1.75 bits per heavy atom. The van der Waals surface area contributed by atoms with Crippen LogP contribution in [0.1, 0.15) is 6.92 Å². The number of carbonyl (C=O) groups excluding carboxylic acids is 1. The summed E-state index contributed by atoms with van der Waals surface area (Å²) in [6.45, 7) is 1.75. The molecule has 0 fully saturated rings. The molecular formula is C5H5ClOS. The van der Waals surface area contributed by atoms with Crippen LogP contribution in [-0.4, -0.2) is 11.5 Å². The number of carbonyl (C=O) groups is 1. The van der Waals surface area contributed by atoms with Crippen LogP contribution in [0.25, 0.3) is 0 Å². The summed E-state index contributed by atoms with van der Waals surface area (Å²) in [5.74, 6) is 0.699. The van der Waals surface area contributed by atoms with Gasteiger partial charge in [0.15, 0.2) is 5.78 Å². The third-order valence-corrected chi connectivity index (χ3v) is 2.62. The highest BCUT2D eigenvalue weighted by atomic mass is 35.5. The normalized spacial score (nSPS) is 20.5. The number of halogens is 1. The fraction of sp³-hybridized carbons (Fsp3) is 0.400. The molecule has 44 valence electrons. The number of Topliss-reactive ketones (excluding diaryl/α,β-unsaturated/α-hetero) is 1. The zero-order valence-corrected chi connectivity index (χ0v) is 5.97. The molecule has 1 heterocycles. The highest BCUT2D eigenvalue weighted by Gasteiger charge is 2.17. The van der Waals surface area contributed by atoms with E-state index in [9.17, 15) is 4.79 Å². The highest BCUT2D eigenvalue weighted by Crippen LogP contribution is 2.31. The zero-order chi connectivity index (χ0) is 6.15. The molecule has 0 amide bonds. The average Bonchev–Trinajstić information content (AvgIpc) is 1.98. The van der Waals surface area contributed by atoms with E-state index in [1.165, 1.54) is 11.8 Å². The van der Waals surface area contributed by atoms with Crippen molar-refractivity contribution in [1.29, 1.82) is 0 Å². The second kappa shape index (κ2) is 2.11. The predicted octanol–water partition coefficient (Wildman–Crippen LogP) is 1.77. The molecule has 0 aromatic carbocycles. The Hall–Kier alpha value is 0.0500. The second-order valence-corrected chi connectivity index (χ2v) is 3.20. The lowest BCUT2D eigenvalue weighted by atomic mass is 10.3. The largest absolute Gasteiger partial charge is 0.294 e. The fourth-order valence-corrected chi connectivity index (χ4v) is 1.53. The maximum atomic E-state index is 10.6. The predicted molar refractivity (Wildman–Crippen MR) is 36.0 cm³/mol. The van der Waals surface area contributed by atoms with Crippen LogP contribution in [-0.2, 0) is 4.79 Å². The molecule has 3 heteroatoms. The van der Waals surface area contributed by atoms with Gasteiger partial charge in [-0.2, -0.15) is 0 Å². The first-order valence-electron chi connectivity index (χ1n) is 2.24. The van der Waals surface area contributed by atoms with Crippen LogP contribution in [0.3, 0.4) is 0 Å². The summed E-state index contributed by atoms with van der Waals surface area (Å²) in [7, 11) is 0. The SMILES string of the molecule is CC1=C(Cl)SCC1=O. The minimum absolute atomic E-state index is 0.167. The molecule has 1 aliphatic heterocycles. The average molecular weight is 149 g/mol. The van der Waals surface area contributed by atoms with Crippen molar-refractivity contribution in [2.75, 3.05) is 5.75 Å². The Kier molecular flexibility index (Phi) is 1.63. The summed E-state index contributed by atoms with van der Waals surface area (Å²) in [5, 5.41) is 0. The standard InChI is InChI=1S/C5H5ClOS/c1-3-4(7)2-8-5(3)6/h2H2,1H3. The molecule has 0 aliphatic carbocycles. The molecule has 0 saturated carbocycles. The van der Waals surface area contributed by atoms with E-state index in [-0.39, 0.29) is 5.78 Å². The van der Waals surface area contributed by atoms with Crippen LogP contribution in [0, 0.1) is 0 Å². The molecule has 0 atom stereocenters. The van der Waals surface area contributed by atoms with E-state index in [2.05, 4.69) is 0 Å². The highest BCUT2D eigenvalue weighted by molar-refractivity contribution is 8.05. The van der Waals surface area contributed by atoms with E-state index in [1.807, 2.05) is 0 Å². The molecule has 1 rings (SSSR count). The van der Waals surface area contributed by atoms with Gasteiger partial charge in [-0.15, -0.1) is 11.8 Å². The number of hydrogen-bond acceptors (Lipinski definition) is 2. The van der Waals surface area contributed by atoms with Gasteiger partial charge < -0.3 is 0 Å². The second-order valence-electron chi connectivity index (χ2n) is 1.61. The zero-order valence-electron chi connectivity index (χ0n) is 4.40. The number of rotatable bonds is 0. The monoisotopic (exact) mass is 148 g/mol. The molecule has 0 bridgehead atoms. The molecule has 0 aromatic rings. The van der Waals surface area contributed by atoms with Crippen molar-refractivity contribution >= 4 is 29.1 Å². The molecule has 1 nitrogen and oxygen atoms in total. The van der Waals surface area contributed by atoms with Crippen molar-refractivity contribution in [3.63, 3.8) is 0 Å². The quantitative estimate of drug-likeness (QED) is 0.521. The maximum absolute atomic E-state index is 10.6. The first kappa shape index (κ1) is 6.17. The number of hydrogen-bond donors (Lipinski definition) is 0. The number of ketones is 1. The number of thioether (sulfide) groups is 1. The van der Waals surface area contributed by atoms with Crippen LogP contribution >= 0.6 is 23.4 Å². The van der Waals surface area contributed by atoms with Crippen LogP contribution < -0.4 is 0 Å². The van der Waals surface area contributed by atoms with Crippen molar-refractivity contribution in [2.45, 2.75) is 6.92 Å². The van der Waals surface area contributed by atoms with Crippen molar-refractivity contribution in [1.82, 2.24) is 0 Å². The first-order chi connectivity index (χ1) is 3.72. The molecule has 0 saturated heterocycles. The fourth-order valence-electron chi connectivity index (χ4n) is 0.455. The van der Waals surface area contributed by atoms with E-state index in [4.69, 9.17) is 11.6 Å². The van der Waals surface area contributed by atoms with Gasteiger partial charge in [0, 0.05) is 5.57 Å². The van der Waals surface area contributed by atoms with E-state index in [0.717, 1.165) is 5.57 Å². The minimum atomic E-state index is 0.167. The van der Waals surface area contributed by atoms with Crippen LogP contribution in [0.15, 0.2) is 9.94 Å². The third kappa shape index (κ3) is 0.906. The van der Waals surface area contributed by atoms with Crippen molar-refractivity contribution in [3.8, 4) is 0 Å². The number of allylic oxidation sites excluding steroid dienone is 1. The summed E-state index contributed by atoms with van der Waals surface area (Å²) in [6.07, 6.45) is 0. The molecule has 0 N–H and O–H groups in total. The maximum Gasteiger partial charge on any atom is 0.170 e. The Labute approximate surface area is 57.1 Å². The van der Waals surface area contributed by atoms with Gasteiger partial charge in [-0.25, -0.2) is 0 Å². The van der Waals surface area contributed by atoms with Gasteiger partial charge in [0.05, 0.1) is 10.1 Å². The molecule has 0 spiro atoms. The lowest BCUT2D eigenvalue weighted by Crippen LogP contribution is -1.94. The Morgan fingerprint density at radius 2 is 2.38 bits per heavy atom. The van der Waals surface area contributed by atoms with Crippen LogP contribution in [0.4, 0.5) is 0 Å². The Morgan fingerprint density at radius 3 is 2.50 bits per heavy atom. The first-order valence-corrected chi connectivity index (χ1v) is 3.60. The lowest BCUT2D eigenvalue weighted by Gasteiger charge is -1.82. The summed E-state index contributed by atoms with van der Waals surface area (Å²) in [4.78, 5) is 10.6. The van der Waals surface area contributed by atoms with Gasteiger partial charge in [-0.05, 0) is 6.92 Å². The van der Waals surface area contributed by atoms with Gasteiger partial charge in [-0.1, -0.05) is 11.6 Å². The summed E-state index contributed by atoms with van der Waals surface area (Å²) >= 11 is 6.99. The molecule has 1 aliphatic rings. The Balaban J connectivity index is 2.86. The molecular weight excluding hydrogens is 144 g/mol. The van der Waals surface area contributed by atoms with Gasteiger partial charge in [-0.3, -0.25) is 4.79 Å². The topological polar surface area (TPSA) is 17.1 Å². The van der Waals surface area contributed by atoms with Crippen molar-refractivity contribution < 1.29 is 4.79 Å². The van der Waals surface area contributed by atoms with Gasteiger partial charge in [0.25, 0.3) is 0 Å². The van der Waals surface area contributed by atoms with Crippen LogP contribution in [0.5, 0.6) is 0 Å². The summed E-state index contributed by atoms with van der Waals surface area (Å²) in [5.41, 5.74) is 0.719. The summed E-state index contributed by atoms with van der Waals surface area (Å²) in [6, 6.07) is 0. The lowest BCUT2D eigenvalue weighted by molar-refractivity contribution is -0.113. The third-order valence-electron chi connectivity index (χ3n) is 1.04. The molecule has 0 aromatic heterocycles. The Bertz CT molecular complexity index is 162. The van der Waals surface area contributed by atoms with E-state index in [1.54, 1.807) is 6.92 Å². The minimum Gasteiger partial charge on any atom is -0.294 e. The van der Waals surface area contributed by atoms with Gasteiger partial charge in [0.1, 0.15) is 0 Å².